The zero-order valence-electron chi connectivity index (χ0n) is 8.00. The molecule has 0 aromatic carbocycles. The molecule has 0 aromatic heterocycles. The summed E-state index contributed by atoms with van der Waals surface area (Å²) in [7, 11) is 0. The fraction of sp³-hybridized carbons (Fsp3) is 0.364. The smallest absolute Gasteiger partial charge is 0.149 e. The van der Waals surface area contributed by atoms with Crippen LogP contribution in [-0.4, -0.2) is 6.29 Å². The highest BCUT2D eigenvalue weighted by molar-refractivity contribution is 5.77. The molecule has 1 aliphatic rings. The first-order chi connectivity index (χ1) is 5.83. The van der Waals surface area contributed by atoms with Gasteiger partial charge in [-0.05, 0) is 13.3 Å². The van der Waals surface area contributed by atoms with Crippen molar-refractivity contribution in [1.82, 2.24) is 0 Å². The molecule has 0 aromatic rings. The van der Waals surface area contributed by atoms with E-state index in [1.54, 1.807) is 0 Å². The van der Waals surface area contributed by atoms with Gasteiger partial charge in [0.25, 0.3) is 0 Å². The molecule has 0 unspecified atom stereocenters. The first kappa shape index (κ1) is 10.9. The quantitative estimate of drug-likeness (QED) is 0.544. The Hall–Kier alpha value is -1.11. The fourth-order valence-electron chi connectivity index (χ4n) is 0.826. The summed E-state index contributed by atoms with van der Waals surface area (Å²) in [5, 5.41) is 0. The summed E-state index contributed by atoms with van der Waals surface area (Å²) in [6, 6.07) is 0. The van der Waals surface area contributed by atoms with Gasteiger partial charge in [0.05, 0.1) is 0 Å². The molecule has 0 saturated heterocycles. The SMILES string of the molecule is CC.CC1=CC=CC(C=O)=CC1. The molecule has 1 rings (SSSR count). The molecule has 0 radical (unpaired) electrons. The monoisotopic (exact) mass is 164 g/mol. The molecule has 0 fully saturated rings. The topological polar surface area (TPSA) is 17.1 Å². The molecule has 1 nitrogen and oxygen atoms in total. The standard InChI is InChI=1S/C9H10O.C2H6/c1-8-3-2-4-9(7-10)6-5-8;1-2/h2-4,6-7H,5H2,1H3;1-2H3. The van der Waals surface area contributed by atoms with Crippen molar-refractivity contribution >= 4 is 6.29 Å². The van der Waals surface area contributed by atoms with Gasteiger partial charge in [-0.2, -0.15) is 0 Å². The van der Waals surface area contributed by atoms with Crippen LogP contribution in [0.3, 0.4) is 0 Å². The average Bonchev–Trinajstić information content (AvgIpc) is 2.33. The van der Waals surface area contributed by atoms with Crippen LogP contribution in [0.1, 0.15) is 27.2 Å². The molecule has 12 heavy (non-hydrogen) atoms. The minimum Gasteiger partial charge on any atom is -0.298 e. The van der Waals surface area contributed by atoms with Gasteiger partial charge in [0.1, 0.15) is 6.29 Å². The van der Waals surface area contributed by atoms with E-state index in [2.05, 4.69) is 6.92 Å². The van der Waals surface area contributed by atoms with Crippen molar-refractivity contribution in [1.29, 1.82) is 0 Å². The molecule has 0 bridgehead atoms. The Kier molecular flexibility index (Phi) is 5.98. The van der Waals surface area contributed by atoms with Crippen LogP contribution in [0, 0.1) is 0 Å². The van der Waals surface area contributed by atoms with E-state index in [1.165, 1.54) is 5.57 Å². The van der Waals surface area contributed by atoms with Crippen LogP contribution in [0.2, 0.25) is 0 Å². The molecule has 1 aliphatic carbocycles. The van der Waals surface area contributed by atoms with Crippen molar-refractivity contribution in [2.45, 2.75) is 27.2 Å². The van der Waals surface area contributed by atoms with E-state index in [0.717, 1.165) is 18.3 Å². The van der Waals surface area contributed by atoms with E-state index < -0.39 is 0 Å². The van der Waals surface area contributed by atoms with Gasteiger partial charge in [-0.15, -0.1) is 0 Å². The van der Waals surface area contributed by atoms with E-state index in [0.29, 0.717) is 0 Å². The Morgan fingerprint density at radius 3 is 2.67 bits per heavy atom. The largest absolute Gasteiger partial charge is 0.298 e. The van der Waals surface area contributed by atoms with Gasteiger partial charge < -0.3 is 0 Å². The lowest BCUT2D eigenvalue weighted by Gasteiger charge is -1.88. The maximum Gasteiger partial charge on any atom is 0.149 e. The van der Waals surface area contributed by atoms with Crippen molar-refractivity contribution in [3.05, 3.63) is 35.5 Å². The summed E-state index contributed by atoms with van der Waals surface area (Å²) in [6.07, 6.45) is 9.45. The van der Waals surface area contributed by atoms with Crippen molar-refractivity contribution in [2.75, 3.05) is 0 Å². The second kappa shape index (κ2) is 6.59. The van der Waals surface area contributed by atoms with Crippen LogP contribution in [0.4, 0.5) is 0 Å². The van der Waals surface area contributed by atoms with Crippen LogP contribution in [-0.2, 0) is 4.79 Å². The lowest BCUT2D eigenvalue weighted by atomic mass is 10.2. The molecule has 0 atom stereocenters. The Labute approximate surface area is 74.5 Å². The molecule has 0 aliphatic heterocycles. The van der Waals surface area contributed by atoms with Gasteiger partial charge in [0, 0.05) is 5.57 Å². The van der Waals surface area contributed by atoms with E-state index in [4.69, 9.17) is 0 Å². The fourth-order valence-corrected chi connectivity index (χ4v) is 0.826. The molecule has 0 spiro atoms. The molecule has 1 heteroatoms. The lowest BCUT2D eigenvalue weighted by Crippen LogP contribution is -1.76. The Bertz CT molecular complexity index is 219. The number of allylic oxidation sites excluding steroid dienone is 6. The first-order valence-electron chi connectivity index (χ1n) is 4.32. The zero-order chi connectivity index (χ0) is 9.40. The van der Waals surface area contributed by atoms with Crippen molar-refractivity contribution in [3.8, 4) is 0 Å². The highest BCUT2D eigenvalue weighted by atomic mass is 16.1. The third-order valence-electron chi connectivity index (χ3n) is 1.47. The maximum absolute atomic E-state index is 10.3. The molecular weight excluding hydrogens is 148 g/mol. The summed E-state index contributed by atoms with van der Waals surface area (Å²) in [5.41, 5.74) is 2.06. The number of carbonyl (C=O) groups is 1. The van der Waals surface area contributed by atoms with Crippen LogP contribution in [0.15, 0.2) is 35.5 Å². The first-order valence-corrected chi connectivity index (χ1v) is 4.32. The zero-order valence-corrected chi connectivity index (χ0v) is 8.00. The van der Waals surface area contributed by atoms with Gasteiger partial charge in [-0.3, -0.25) is 4.79 Å². The summed E-state index contributed by atoms with van der Waals surface area (Å²) in [6.45, 7) is 6.05. The Balaban J connectivity index is 0.000000561. The summed E-state index contributed by atoms with van der Waals surface area (Å²) in [5.74, 6) is 0. The summed E-state index contributed by atoms with van der Waals surface area (Å²) in [4.78, 5) is 10.3. The van der Waals surface area contributed by atoms with Crippen molar-refractivity contribution < 1.29 is 4.79 Å². The second-order valence-corrected chi connectivity index (χ2v) is 2.40. The number of rotatable bonds is 1. The van der Waals surface area contributed by atoms with Crippen LogP contribution in [0.5, 0.6) is 0 Å². The van der Waals surface area contributed by atoms with Crippen LogP contribution < -0.4 is 0 Å². The highest BCUT2D eigenvalue weighted by Gasteiger charge is 1.92. The van der Waals surface area contributed by atoms with Gasteiger partial charge in [0.15, 0.2) is 0 Å². The lowest BCUT2D eigenvalue weighted by molar-refractivity contribution is -0.104. The molecular formula is C11H16O. The predicted molar refractivity (Wildman–Crippen MR) is 53.0 cm³/mol. The van der Waals surface area contributed by atoms with Gasteiger partial charge >= 0.3 is 0 Å². The number of carbonyl (C=O) groups excluding carboxylic acids is 1. The van der Waals surface area contributed by atoms with Crippen LogP contribution >= 0.6 is 0 Å². The minimum absolute atomic E-state index is 0.771. The Morgan fingerprint density at radius 1 is 1.42 bits per heavy atom. The molecule has 0 heterocycles. The maximum atomic E-state index is 10.3. The van der Waals surface area contributed by atoms with Crippen LogP contribution in [0.25, 0.3) is 0 Å². The third-order valence-corrected chi connectivity index (χ3v) is 1.47. The van der Waals surface area contributed by atoms with E-state index >= 15 is 0 Å². The van der Waals surface area contributed by atoms with E-state index in [1.807, 2.05) is 38.2 Å². The Morgan fingerprint density at radius 2 is 2.08 bits per heavy atom. The normalized spacial score (nSPS) is 14.9. The van der Waals surface area contributed by atoms with Crippen molar-refractivity contribution in [3.63, 3.8) is 0 Å². The number of aldehydes is 1. The van der Waals surface area contributed by atoms with E-state index in [-0.39, 0.29) is 0 Å². The van der Waals surface area contributed by atoms with Gasteiger partial charge in [-0.1, -0.05) is 43.7 Å². The number of hydrogen-bond acceptors (Lipinski definition) is 1. The van der Waals surface area contributed by atoms with Gasteiger partial charge in [0.2, 0.25) is 0 Å². The minimum atomic E-state index is 0.771. The second-order valence-electron chi connectivity index (χ2n) is 2.40. The average molecular weight is 164 g/mol. The molecule has 0 saturated carbocycles. The number of hydrogen-bond donors (Lipinski definition) is 0. The molecule has 0 N–H and O–H groups in total. The summed E-state index contributed by atoms with van der Waals surface area (Å²) < 4.78 is 0. The van der Waals surface area contributed by atoms with E-state index in [9.17, 15) is 4.79 Å². The molecule has 66 valence electrons. The predicted octanol–water partition coefficient (Wildman–Crippen LogP) is 3.04. The highest BCUT2D eigenvalue weighted by Crippen LogP contribution is 2.08. The molecule has 0 amide bonds. The summed E-state index contributed by atoms with van der Waals surface area (Å²) >= 11 is 0. The third kappa shape index (κ3) is 3.91. The van der Waals surface area contributed by atoms with Crippen molar-refractivity contribution in [2.24, 2.45) is 0 Å². The van der Waals surface area contributed by atoms with Gasteiger partial charge in [-0.25, -0.2) is 0 Å².